The maximum atomic E-state index is 12.7. The summed E-state index contributed by atoms with van der Waals surface area (Å²) in [4.78, 5) is 11.8. The molecule has 0 fully saturated rings. The van der Waals surface area contributed by atoms with Crippen molar-refractivity contribution in [2.24, 2.45) is 5.92 Å². The second kappa shape index (κ2) is 6.88. The van der Waals surface area contributed by atoms with Gasteiger partial charge in [-0.15, -0.1) is 0 Å². The fourth-order valence-corrected chi connectivity index (χ4v) is 1.79. The maximum absolute atomic E-state index is 12.7. The zero-order chi connectivity index (χ0) is 15.2. The molecule has 0 aliphatic carbocycles. The summed E-state index contributed by atoms with van der Waals surface area (Å²) in [6.45, 7) is 4.73. The molecule has 1 N–H and O–H groups in total. The first kappa shape index (κ1) is 15.0. The third kappa shape index (κ3) is 4.59. The highest BCUT2D eigenvalue weighted by Crippen LogP contribution is 2.12. The van der Waals surface area contributed by atoms with Gasteiger partial charge in [-0.2, -0.15) is 5.10 Å². The number of ether oxygens (including phenoxy) is 1. The van der Waals surface area contributed by atoms with Crippen LogP contribution in [0.25, 0.3) is 0 Å². The van der Waals surface area contributed by atoms with Gasteiger partial charge in [0, 0.05) is 12.6 Å². The Labute approximate surface area is 122 Å². The Morgan fingerprint density at radius 3 is 2.71 bits per heavy atom. The molecule has 1 aromatic carbocycles. The highest BCUT2D eigenvalue weighted by atomic mass is 19.1. The Hall–Kier alpha value is -2.37. The van der Waals surface area contributed by atoms with Crippen LogP contribution in [-0.2, 0) is 11.3 Å². The van der Waals surface area contributed by atoms with Crippen LogP contribution < -0.4 is 10.1 Å². The molecular weight excluding hydrogens is 273 g/mol. The van der Waals surface area contributed by atoms with Crippen LogP contribution >= 0.6 is 0 Å². The molecule has 0 aliphatic heterocycles. The molecule has 112 valence electrons. The van der Waals surface area contributed by atoms with Gasteiger partial charge in [0.15, 0.2) is 6.61 Å². The number of hydrogen-bond acceptors (Lipinski definition) is 3. The number of carbonyl (C=O) groups is 1. The summed E-state index contributed by atoms with van der Waals surface area (Å²) in [5.41, 5.74) is 0. The van der Waals surface area contributed by atoms with Gasteiger partial charge in [-0.1, -0.05) is 13.8 Å². The first-order valence-electron chi connectivity index (χ1n) is 6.74. The van der Waals surface area contributed by atoms with Crippen molar-refractivity contribution >= 4 is 11.7 Å². The average molecular weight is 291 g/mol. The van der Waals surface area contributed by atoms with Gasteiger partial charge in [-0.3, -0.25) is 4.79 Å². The lowest BCUT2D eigenvalue weighted by atomic mass is 10.2. The van der Waals surface area contributed by atoms with Crippen LogP contribution in [0.2, 0.25) is 0 Å². The van der Waals surface area contributed by atoms with E-state index in [2.05, 4.69) is 24.3 Å². The van der Waals surface area contributed by atoms with Crippen molar-refractivity contribution in [3.05, 3.63) is 42.3 Å². The molecular formula is C15H18FN3O2. The molecule has 0 unspecified atom stereocenters. The minimum Gasteiger partial charge on any atom is -0.484 e. The Balaban J connectivity index is 1.87. The minimum atomic E-state index is -0.343. The lowest BCUT2D eigenvalue weighted by Crippen LogP contribution is -2.22. The fourth-order valence-electron chi connectivity index (χ4n) is 1.79. The van der Waals surface area contributed by atoms with Crippen molar-refractivity contribution in [3.8, 4) is 5.75 Å². The largest absolute Gasteiger partial charge is 0.484 e. The van der Waals surface area contributed by atoms with Gasteiger partial charge in [0.1, 0.15) is 17.4 Å². The quantitative estimate of drug-likeness (QED) is 0.890. The third-order valence-corrected chi connectivity index (χ3v) is 2.71. The smallest absolute Gasteiger partial charge is 0.263 e. The van der Waals surface area contributed by atoms with Crippen LogP contribution in [0.3, 0.4) is 0 Å². The molecule has 0 saturated heterocycles. The predicted octanol–water partition coefficient (Wildman–Crippen LogP) is 2.70. The number of carbonyl (C=O) groups excluding carboxylic acids is 1. The second-order valence-corrected chi connectivity index (χ2v) is 5.08. The average Bonchev–Trinajstić information content (AvgIpc) is 2.84. The highest BCUT2D eigenvalue weighted by molar-refractivity contribution is 5.91. The van der Waals surface area contributed by atoms with Crippen molar-refractivity contribution < 1.29 is 13.9 Å². The SMILES string of the molecule is CC(C)Cn1nccc1NC(=O)COc1ccc(F)cc1. The van der Waals surface area contributed by atoms with Crippen LogP contribution in [0.1, 0.15) is 13.8 Å². The van der Waals surface area contributed by atoms with E-state index >= 15 is 0 Å². The number of hydrogen-bond donors (Lipinski definition) is 1. The highest BCUT2D eigenvalue weighted by Gasteiger charge is 2.09. The maximum Gasteiger partial charge on any atom is 0.263 e. The number of nitrogens with zero attached hydrogens (tertiary/aromatic N) is 2. The van der Waals surface area contributed by atoms with Gasteiger partial charge in [-0.25, -0.2) is 9.07 Å². The van der Waals surface area contributed by atoms with Crippen molar-refractivity contribution in [2.75, 3.05) is 11.9 Å². The van der Waals surface area contributed by atoms with E-state index in [1.165, 1.54) is 24.3 Å². The van der Waals surface area contributed by atoms with Gasteiger partial charge in [-0.05, 0) is 30.2 Å². The Bertz CT molecular complexity index is 593. The summed E-state index contributed by atoms with van der Waals surface area (Å²) < 4.78 is 19.8. The summed E-state index contributed by atoms with van der Waals surface area (Å²) in [6, 6.07) is 7.26. The topological polar surface area (TPSA) is 56.2 Å². The number of nitrogens with one attached hydrogen (secondary N) is 1. The monoisotopic (exact) mass is 291 g/mol. The molecule has 0 atom stereocenters. The van der Waals surface area contributed by atoms with E-state index in [4.69, 9.17) is 4.74 Å². The number of halogens is 1. The standard InChI is InChI=1S/C15H18FN3O2/c1-11(2)9-19-14(7-8-17-19)18-15(20)10-21-13-5-3-12(16)4-6-13/h3-8,11H,9-10H2,1-2H3,(H,18,20). The van der Waals surface area contributed by atoms with Crippen LogP contribution in [-0.4, -0.2) is 22.3 Å². The molecule has 0 radical (unpaired) electrons. The zero-order valence-electron chi connectivity index (χ0n) is 12.0. The number of aromatic nitrogens is 2. The predicted molar refractivity (Wildman–Crippen MR) is 77.6 cm³/mol. The number of anilines is 1. The van der Waals surface area contributed by atoms with Crippen molar-refractivity contribution in [3.63, 3.8) is 0 Å². The minimum absolute atomic E-state index is 0.140. The lowest BCUT2D eigenvalue weighted by molar-refractivity contribution is -0.118. The Morgan fingerprint density at radius 1 is 1.33 bits per heavy atom. The molecule has 0 saturated carbocycles. The van der Waals surface area contributed by atoms with Crippen molar-refractivity contribution in [1.82, 2.24) is 9.78 Å². The Morgan fingerprint density at radius 2 is 2.05 bits per heavy atom. The van der Waals surface area contributed by atoms with Gasteiger partial charge < -0.3 is 10.1 Å². The molecule has 6 heteroatoms. The zero-order valence-corrected chi connectivity index (χ0v) is 12.0. The van der Waals surface area contributed by atoms with Crippen molar-refractivity contribution in [2.45, 2.75) is 20.4 Å². The van der Waals surface area contributed by atoms with Crippen LogP contribution in [0.15, 0.2) is 36.5 Å². The number of benzene rings is 1. The summed E-state index contributed by atoms with van der Waals surface area (Å²) >= 11 is 0. The fraction of sp³-hybridized carbons (Fsp3) is 0.333. The van der Waals surface area contributed by atoms with E-state index in [-0.39, 0.29) is 18.3 Å². The first-order valence-corrected chi connectivity index (χ1v) is 6.74. The molecule has 1 amide bonds. The number of amides is 1. The van der Waals surface area contributed by atoms with E-state index in [0.29, 0.717) is 17.5 Å². The molecule has 21 heavy (non-hydrogen) atoms. The summed E-state index contributed by atoms with van der Waals surface area (Å²) in [7, 11) is 0. The van der Waals surface area contributed by atoms with Crippen LogP contribution in [0.4, 0.5) is 10.2 Å². The normalized spacial score (nSPS) is 10.7. The second-order valence-electron chi connectivity index (χ2n) is 5.08. The number of rotatable bonds is 6. The third-order valence-electron chi connectivity index (χ3n) is 2.71. The van der Waals surface area contributed by atoms with Gasteiger partial charge in [0.05, 0.1) is 6.20 Å². The summed E-state index contributed by atoms with van der Waals surface area (Å²) in [5, 5.41) is 6.90. The molecule has 2 rings (SSSR count). The molecule has 1 heterocycles. The Kier molecular flexibility index (Phi) is 4.92. The van der Waals surface area contributed by atoms with Gasteiger partial charge in [0.25, 0.3) is 5.91 Å². The van der Waals surface area contributed by atoms with Crippen LogP contribution in [0, 0.1) is 11.7 Å². The van der Waals surface area contributed by atoms with E-state index < -0.39 is 0 Å². The summed E-state index contributed by atoms with van der Waals surface area (Å²) in [5.74, 6) is 0.879. The molecule has 5 nitrogen and oxygen atoms in total. The molecule has 2 aromatic rings. The molecule has 1 aromatic heterocycles. The van der Waals surface area contributed by atoms with E-state index in [1.807, 2.05) is 0 Å². The molecule has 0 bridgehead atoms. The van der Waals surface area contributed by atoms with Gasteiger partial charge in [0.2, 0.25) is 0 Å². The lowest BCUT2D eigenvalue weighted by Gasteiger charge is -2.11. The van der Waals surface area contributed by atoms with Gasteiger partial charge >= 0.3 is 0 Å². The van der Waals surface area contributed by atoms with E-state index in [1.54, 1.807) is 16.9 Å². The molecule has 0 spiro atoms. The first-order chi connectivity index (χ1) is 10.0. The van der Waals surface area contributed by atoms with Crippen molar-refractivity contribution in [1.29, 1.82) is 0 Å². The van der Waals surface area contributed by atoms with E-state index in [0.717, 1.165) is 6.54 Å². The summed E-state index contributed by atoms with van der Waals surface area (Å²) in [6.07, 6.45) is 1.64. The molecule has 0 aliphatic rings. The van der Waals surface area contributed by atoms with Crippen LogP contribution in [0.5, 0.6) is 5.75 Å². The van der Waals surface area contributed by atoms with E-state index in [9.17, 15) is 9.18 Å².